The van der Waals surface area contributed by atoms with Gasteiger partial charge in [-0.2, -0.15) is 15.2 Å². The highest BCUT2D eigenvalue weighted by atomic mass is 32.2. The van der Waals surface area contributed by atoms with Crippen molar-refractivity contribution in [1.82, 2.24) is 9.97 Å². The van der Waals surface area contributed by atoms with E-state index in [-0.39, 0.29) is 36.0 Å². The predicted molar refractivity (Wildman–Crippen MR) is 138 cm³/mol. The molecule has 0 aliphatic heterocycles. The van der Waals surface area contributed by atoms with Crippen LogP contribution < -0.4 is 14.8 Å². The molecule has 0 spiro atoms. The molecule has 4 rings (SSSR count). The first-order chi connectivity index (χ1) is 18.2. The van der Waals surface area contributed by atoms with Crippen LogP contribution in [-0.2, 0) is 23.0 Å². The normalized spacial score (nSPS) is 10.8. The van der Waals surface area contributed by atoms with Crippen molar-refractivity contribution >= 4 is 21.3 Å². The fourth-order valence-corrected chi connectivity index (χ4v) is 3.84. The van der Waals surface area contributed by atoms with Gasteiger partial charge in [-0.25, -0.2) is 8.42 Å². The molecule has 1 N–H and O–H groups in total. The summed E-state index contributed by atoms with van der Waals surface area (Å²) >= 11 is 0. The maximum atomic E-state index is 12.3. The molecular formula is C26H21N5O6S. The number of hydrogen-bond donors (Lipinski definition) is 1. The van der Waals surface area contributed by atoms with E-state index in [1.807, 2.05) is 42.5 Å². The van der Waals surface area contributed by atoms with E-state index in [0.29, 0.717) is 0 Å². The van der Waals surface area contributed by atoms with E-state index in [1.54, 1.807) is 24.3 Å². The monoisotopic (exact) mass is 531 g/mol. The average molecular weight is 532 g/mol. The number of hydrogen-bond acceptors (Lipinski definition) is 10. The Morgan fingerprint density at radius 1 is 0.974 bits per heavy atom. The van der Waals surface area contributed by atoms with Crippen LogP contribution in [0.15, 0.2) is 84.0 Å². The molecule has 38 heavy (non-hydrogen) atoms. The Bertz CT molecular complexity index is 1610. The molecule has 0 atom stereocenters. The van der Waals surface area contributed by atoms with Crippen LogP contribution in [0.5, 0.6) is 17.4 Å². The first-order valence-electron chi connectivity index (χ1n) is 11.2. The summed E-state index contributed by atoms with van der Waals surface area (Å²) in [5.74, 6) is -0.858. The lowest BCUT2D eigenvalue weighted by Crippen LogP contribution is -2.12. The SMILES string of the molecule is CS(=O)(=O)c1nc(NCc2ccccc2)c([N+](=O)[O-])c(Oc2cc(C#N)ccc2OCc2ccccc2)n1. The van der Waals surface area contributed by atoms with E-state index >= 15 is 0 Å². The van der Waals surface area contributed by atoms with Crippen molar-refractivity contribution in [2.75, 3.05) is 11.6 Å². The highest BCUT2D eigenvalue weighted by Crippen LogP contribution is 2.39. The van der Waals surface area contributed by atoms with Crippen LogP contribution in [-0.4, -0.2) is 29.6 Å². The average Bonchev–Trinajstić information content (AvgIpc) is 2.91. The topological polar surface area (TPSA) is 157 Å². The minimum atomic E-state index is -3.98. The number of benzene rings is 3. The van der Waals surface area contributed by atoms with Crippen LogP contribution >= 0.6 is 0 Å². The summed E-state index contributed by atoms with van der Waals surface area (Å²) < 4.78 is 36.3. The van der Waals surface area contributed by atoms with Gasteiger partial charge in [0.2, 0.25) is 15.7 Å². The number of nitro groups is 1. The van der Waals surface area contributed by atoms with Crippen LogP contribution in [0, 0.1) is 21.4 Å². The lowest BCUT2D eigenvalue weighted by atomic mass is 10.2. The minimum Gasteiger partial charge on any atom is -0.485 e. The van der Waals surface area contributed by atoms with Crippen molar-refractivity contribution in [1.29, 1.82) is 5.26 Å². The molecule has 4 aromatic rings. The van der Waals surface area contributed by atoms with Crippen LogP contribution in [0.1, 0.15) is 16.7 Å². The molecule has 0 saturated carbocycles. The molecule has 12 heteroatoms. The highest BCUT2D eigenvalue weighted by Gasteiger charge is 2.30. The number of ether oxygens (including phenoxy) is 2. The molecular weight excluding hydrogens is 510 g/mol. The Morgan fingerprint density at radius 2 is 1.63 bits per heavy atom. The van der Waals surface area contributed by atoms with E-state index in [9.17, 15) is 23.8 Å². The number of sulfone groups is 1. The van der Waals surface area contributed by atoms with Gasteiger partial charge < -0.3 is 14.8 Å². The molecule has 0 amide bonds. The minimum absolute atomic E-state index is 0.0600. The second-order valence-corrected chi connectivity index (χ2v) is 9.94. The quantitative estimate of drug-likeness (QED) is 0.174. The summed E-state index contributed by atoms with van der Waals surface area (Å²) in [4.78, 5) is 19.1. The van der Waals surface area contributed by atoms with Gasteiger partial charge >= 0.3 is 11.6 Å². The Morgan fingerprint density at radius 3 is 2.24 bits per heavy atom. The molecule has 0 bridgehead atoms. The Balaban J connectivity index is 1.76. The molecule has 0 saturated heterocycles. The van der Waals surface area contributed by atoms with Crippen molar-refractivity contribution in [3.05, 3.63) is 106 Å². The van der Waals surface area contributed by atoms with Gasteiger partial charge in [-0.3, -0.25) is 10.1 Å². The summed E-state index contributed by atoms with van der Waals surface area (Å²) in [5, 5.41) is 23.6. The van der Waals surface area contributed by atoms with Gasteiger partial charge in [0.1, 0.15) is 6.61 Å². The van der Waals surface area contributed by atoms with E-state index < -0.39 is 31.5 Å². The zero-order valence-corrected chi connectivity index (χ0v) is 20.9. The second-order valence-electron chi connectivity index (χ2n) is 8.03. The fraction of sp³-hybridized carbons (Fsp3) is 0.115. The van der Waals surface area contributed by atoms with Crippen molar-refractivity contribution in [3.63, 3.8) is 0 Å². The summed E-state index contributed by atoms with van der Waals surface area (Å²) in [7, 11) is -3.98. The third-order valence-electron chi connectivity index (χ3n) is 5.17. The van der Waals surface area contributed by atoms with E-state index in [1.165, 1.54) is 18.2 Å². The van der Waals surface area contributed by atoms with Crippen LogP contribution in [0.3, 0.4) is 0 Å². The van der Waals surface area contributed by atoms with Crippen molar-refractivity contribution in [3.8, 4) is 23.4 Å². The molecule has 0 fully saturated rings. The number of rotatable bonds is 10. The van der Waals surface area contributed by atoms with Crippen molar-refractivity contribution in [2.24, 2.45) is 0 Å². The molecule has 11 nitrogen and oxygen atoms in total. The van der Waals surface area contributed by atoms with Gasteiger partial charge in [0.15, 0.2) is 11.5 Å². The van der Waals surface area contributed by atoms with Gasteiger partial charge in [-0.15, -0.1) is 0 Å². The smallest absolute Gasteiger partial charge is 0.373 e. The molecule has 192 valence electrons. The van der Waals surface area contributed by atoms with Crippen LogP contribution in [0.25, 0.3) is 0 Å². The van der Waals surface area contributed by atoms with Crippen molar-refractivity contribution in [2.45, 2.75) is 18.3 Å². The fourth-order valence-electron chi connectivity index (χ4n) is 3.34. The number of nitrogens with one attached hydrogen (secondary N) is 1. The third kappa shape index (κ3) is 6.40. The molecule has 0 aliphatic carbocycles. The lowest BCUT2D eigenvalue weighted by Gasteiger charge is -2.14. The molecule has 1 aromatic heterocycles. The number of nitrogens with zero attached hydrogens (tertiary/aromatic N) is 4. The maximum Gasteiger partial charge on any atom is 0.373 e. The second kappa shape index (κ2) is 11.4. The van der Waals surface area contributed by atoms with E-state index in [4.69, 9.17) is 9.47 Å². The van der Waals surface area contributed by atoms with Gasteiger partial charge in [-0.1, -0.05) is 60.7 Å². The summed E-state index contributed by atoms with van der Waals surface area (Å²) in [6, 6.07) is 24.5. The highest BCUT2D eigenvalue weighted by molar-refractivity contribution is 7.90. The predicted octanol–water partition coefficient (Wildman–Crippen LogP) is 4.64. The first-order valence-corrected chi connectivity index (χ1v) is 13.1. The van der Waals surface area contributed by atoms with Crippen molar-refractivity contribution < 1.29 is 22.8 Å². The summed E-state index contributed by atoms with van der Waals surface area (Å²) in [6.07, 6.45) is 0.879. The van der Waals surface area contributed by atoms with Gasteiger partial charge in [0.05, 0.1) is 16.6 Å². The molecule has 1 heterocycles. The number of aromatic nitrogens is 2. The standard InChI is InChI=1S/C26H21N5O6S/c1-38(34,35)26-29-24(28-16-18-8-4-2-5-9-18)23(31(32)33)25(30-26)37-22-14-20(15-27)12-13-21(22)36-17-19-10-6-3-7-11-19/h2-14H,16-17H2,1H3,(H,28,29,30). The van der Waals surface area contributed by atoms with E-state index in [0.717, 1.165) is 17.4 Å². The molecule has 0 radical (unpaired) electrons. The van der Waals surface area contributed by atoms with Gasteiger partial charge in [0.25, 0.3) is 5.16 Å². The first kappa shape index (κ1) is 26.1. The zero-order chi connectivity index (χ0) is 27.1. The van der Waals surface area contributed by atoms with Crippen LogP contribution in [0.4, 0.5) is 11.5 Å². The zero-order valence-electron chi connectivity index (χ0n) is 20.1. The van der Waals surface area contributed by atoms with E-state index in [2.05, 4.69) is 15.3 Å². The summed E-state index contributed by atoms with van der Waals surface area (Å²) in [6.45, 7) is 0.268. The van der Waals surface area contributed by atoms with Gasteiger partial charge in [-0.05, 0) is 23.3 Å². The maximum absolute atomic E-state index is 12.3. The summed E-state index contributed by atoms with van der Waals surface area (Å²) in [5.41, 5.74) is 1.14. The Kier molecular flexibility index (Phi) is 7.79. The molecule has 3 aromatic carbocycles. The van der Waals surface area contributed by atoms with Gasteiger partial charge in [0, 0.05) is 18.9 Å². The number of anilines is 1. The van der Waals surface area contributed by atoms with Crippen LogP contribution in [0.2, 0.25) is 0 Å². The third-order valence-corrected chi connectivity index (χ3v) is 6.01. The largest absolute Gasteiger partial charge is 0.485 e. The number of nitriles is 1. The Labute approximate surface area is 218 Å². The lowest BCUT2D eigenvalue weighted by molar-refractivity contribution is -0.385. The Hall–Kier alpha value is -5.02. The molecule has 0 unspecified atom stereocenters. The molecule has 0 aliphatic rings.